The molecular formula is C9H21ClN2. The van der Waals surface area contributed by atoms with E-state index in [-0.39, 0.29) is 12.4 Å². The third kappa shape index (κ3) is 7.86. The van der Waals surface area contributed by atoms with Crippen LogP contribution in [0.15, 0.2) is 4.99 Å². The number of halogens is 1. The van der Waals surface area contributed by atoms with Gasteiger partial charge in [0.2, 0.25) is 0 Å². The van der Waals surface area contributed by atoms with Crippen LogP contribution in [0.3, 0.4) is 0 Å². The van der Waals surface area contributed by atoms with E-state index >= 15 is 0 Å². The van der Waals surface area contributed by atoms with Gasteiger partial charge in [0, 0.05) is 19.6 Å². The van der Waals surface area contributed by atoms with Crippen LogP contribution in [0, 0.1) is 0 Å². The number of nitrogens with zero attached hydrogens (tertiary/aromatic N) is 2. The highest BCUT2D eigenvalue weighted by Crippen LogP contribution is 1.89. The molecule has 0 unspecified atom stereocenters. The molecule has 74 valence electrons. The van der Waals surface area contributed by atoms with Crippen molar-refractivity contribution in [1.29, 1.82) is 0 Å². The molecule has 0 amide bonds. The highest BCUT2D eigenvalue weighted by molar-refractivity contribution is 5.85. The molecule has 0 spiro atoms. The van der Waals surface area contributed by atoms with E-state index in [0.29, 0.717) is 0 Å². The van der Waals surface area contributed by atoms with Gasteiger partial charge in [-0.1, -0.05) is 13.8 Å². The fraction of sp³-hybridized carbons (Fsp3) is 0.889. The predicted molar refractivity (Wildman–Crippen MR) is 58.4 cm³/mol. The van der Waals surface area contributed by atoms with Crippen molar-refractivity contribution in [3.05, 3.63) is 0 Å². The summed E-state index contributed by atoms with van der Waals surface area (Å²) in [6.07, 6.45) is 4.39. The van der Waals surface area contributed by atoms with Crippen LogP contribution in [0.25, 0.3) is 0 Å². The van der Waals surface area contributed by atoms with Gasteiger partial charge in [0.25, 0.3) is 0 Å². The van der Waals surface area contributed by atoms with Crippen LogP contribution in [-0.2, 0) is 0 Å². The van der Waals surface area contributed by atoms with Crippen molar-refractivity contribution in [2.75, 3.05) is 19.6 Å². The van der Waals surface area contributed by atoms with Crippen LogP contribution in [-0.4, -0.2) is 30.9 Å². The molecule has 12 heavy (non-hydrogen) atoms. The van der Waals surface area contributed by atoms with Gasteiger partial charge < -0.3 is 4.90 Å². The molecule has 3 heteroatoms. The van der Waals surface area contributed by atoms with Gasteiger partial charge in [-0.05, 0) is 19.8 Å². The number of rotatable bonds is 6. The van der Waals surface area contributed by atoms with E-state index in [1.165, 1.54) is 12.8 Å². The first-order chi connectivity index (χ1) is 5.35. The number of hydrogen-bond acceptors (Lipinski definition) is 1. The molecule has 0 aromatic carbocycles. The smallest absolute Gasteiger partial charge is 0.0849 e. The molecule has 0 rings (SSSR count). The van der Waals surface area contributed by atoms with E-state index < -0.39 is 0 Å². The molecule has 2 nitrogen and oxygen atoms in total. The van der Waals surface area contributed by atoms with Gasteiger partial charge in [-0.15, -0.1) is 12.4 Å². The fourth-order valence-electron chi connectivity index (χ4n) is 0.999. The SMILES string of the molecule is CCCN(C=NCC)CCC.Cl. The van der Waals surface area contributed by atoms with E-state index in [4.69, 9.17) is 0 Å². The second-order valence-corrected chi connectivity index (χ2v) is 2.65. The first-order valence-corrected chi connectivity index (χ1v) is 4.59. The Kier molecular flexibility index (Phi) is 12.8. The van der Waals surface area contributed by atoms with Crippen LogP contribution in [0.1, 0.15) is 33.6 Å². The maximum absolute atomic E-state index is 4.21. The summed E-state index contributed by atoms with van der Waals surface area (Å²) in [5, 5.41) is 0. The van der Waals surface area contributed by atoms with Gasteiger partial charge in [0.1, 0.15) is 0 Å². The first-order valence-electron chi connectivity index (χ1n) is 4.59. The fourth-order valence-corrected chi connectivity index (χ4v) is 0.999. The Bertz CT molecular complexity index is 98.7. The standard InChI is InChI=1S/C9H20N2.ClH/c1-4-7-11(8-5-2)9-10-6-3;/h9H,4-8H2,1-3H3;1H. The molecule has 0 fully saturated rings. The Morgan fingerprint density at radius 3 is 1.92 bits per heavy atom. The van der Waals surface area contributed by atoms with E-state index in [9.17, 15) is 0 Å². The quantitative estimate of drug-likeness (QED) is 0.467. The zero-order chi connectivity index (χ0) is 8.53. The molecule has 0 saturated heterocycles. The monoisotopic (exact) mass is 192 g/mol. The van der Waals surface area contributed by atoms with E-state index in [2.05, 4.69) is 30.7 Å². The third-order valence-electron chi connectivity index (χ3n) is 1.45. The van der Waals surface area contributed by atoms with Crippen LogP contribution in [0.2, 0.25) is 0 Å². The summed E-state index contributed by atoms with van der Waals surface area (Å²) in [5.74, 6) is 0. The average molecular weight is 193 g/mol. The minimum atomic E-state index is 0. The molecule has 0 N–H and O–H groups in total. The van der Waals surface area contributed by atoms with Crippen LogP contribution in [0.4, 0.5) is 0 Å². The zero-order valence-corrected chi connectivity index (χ0v) is 9.23. The maximum Gasteiger partial charge on any atom is 0.0849 e. The summed E-state index contributed by atoms with van der Waals surface area (Å²) in [4.78, 5) is 6.49. The molecule has 0 bridgehead atoms. The van der Waals surface area contributed by atoms with Crippen LogP contribution >= 0.6 is 12.4 Å². The molecule has 0 aromatic rings. The number of hydrogen-bond donors (Lipinski definition) is 0. The minimum absolute atomic E-state index is 0. The van der Waals surface area contributed by atoms with E-state index in [0.717, 1.165) is 19.6 Å². The van der Waals surface area contributed by atoms with Gasteiger partial charge >= 0.3 is 0 Å². The van der Waals surface area contributed by atoms with Gasteiger partial charge in [-0.25, -0.2) is 0 Å². The second-order valence-electron chi connectivity index (χ2n) is 2.65. The van der Waals surface area contributed by atoms with Crippen molar-refractivity contribution in [2.45, 2.75) is 33.6 Å². The Labute approximate surface area is 82.5 Å². The van der Waals surface area contributed by atoms with Gasteiger partial charge in [0.15, 0.2) is 0 Å². The highest BCUT2D eigenvalue weighted by atomic mass is 35.5. The Morgan fingerprint density at radius 1 is 1.08 bits per heavy atom. The molecule has 0 aliphatic rings. The second kappa shape index (κ2) is 10.8. The normalized spacial score (nSPS) is 9.92. The third-order valence-corrected chi connectivity index (χ3v) is 1.45. The summed E-state index contributed by atoms with van der Waals surface area (Å²) >= 11 is 0. The summed E-state index contributed by atoms with van der Waals surface area (Å²) in [6, 6.07) is 0. The van der Waals surface area contributed by atoms with Crippen molar-refractivity contribution in [2.24, 2.45) is 4.99 Å². The molecular weight excluding hydrogens is 172 g/mol. The lowest BCUT2D eigenvalue weighted by atomic mass is 10.4. The van der Waals surface area contributed by atoms with Crippen molar-refractivity contribution >= 4 is 18.7 Å². The van der Waals surface area contributed by atoms with Gasteiger partial charge in [-0.2, -0.15) is 0 Å². The van der Waals surface area contributed by atoms with Gasteiger partial charge in [0.05, 0.1) is 6.34 Å². The lowest BCUT2D eigenvalue weighted by Crippen LogP contribution is -2.23. The summed E-state index contributed by atoms with van der Waals surface area (Å²) in [6.45, 7) is 9.62. The van der Waals surface area contributed by atoms with Crippen molar-refractivity contribution in [3.63, 3.8) is 0 Å². The maximum atomic E-state index is 4.21. The largest absolute Gasteiger partial charge is 0.363 e. The van der Waals surface area contributed by atoms with Gasteiger partial charge in [-0.3, -0.25) is 4.99 Å². The first kappa shape index (κ1) is 14.3. The summed E-state index contributed by atoms with van der Waals surface area (Å²) in [5.41, 5.74) is 0. The Hall–Kier alpha value is -0.240. The lowest BCUT2D eigenvalue weighted by molar-refractivity contribution is 0.427. The molecule has 0 saturated carbocycles. The summed E-state index contributed by atoms with van der Waals surface area (Å²) < 4.78 is 0. The van der Waals surface area contributed by atoms with E-state index in [1.54, 1.807) is 0 Å². The lowest BCUT2D eigenvalue weighted by Gasteiger charge is -2.16. The highest BCUT2D eigenvalue weighted by Gasteiger charge is 1.93. The summed E-state index contributed by atoms with van der Waals surface area (Å²) in [7, 11) is 0. The topological polar surface area (TPSA) is 15.6 Å². The average Bonchev–Trinajstić information content (AvgIpc) is 2.01. The van der Waals surface area contributed by atoms with Crippen LogP contribution in [0.5, 0.6) is 0 Å². The zero-order valence-electron chi connectivity index (χ0n) is 8.42. The van der Waals surface area contributed by atoms with Crippen molar-refractivity contribution in [3.8, 4) is 0 Å². The Balaban J connectivity index is 0. The minimum Gasteiger partial charge on any atom is -0.363 e. The van der Waals surface area contributed by atoms with Crippen molar-refractivity contribution < 1.29 is 0 Å². The molecule has 0 aromatic heterocycles. The number of aliphatic imine (C=N–C) groups is 1. The van der Waals surface area contributed by atoms with E-state index in [1.807, 2.05) is 6.34 Å². The van der Waals surface area contributed by atoms with Crippen molar-refractivity contribution in [1.82, 2.24) is 4.90 Å². The van der Waals surface area contributed by atoms with Crippen LogP contribution < -0.4 is 0 Å². The molecule has 0 heterocycles. The molecule has 0 aliphatic heterocycles. The Morgan fingerprint density at radius 2 is 1.58 bits per heavy atom. The molecule has 0 aliphatic carbocycles. The molecule has 0 atom stereocenters. The predicted octanol–water partition coefficient (Wildman–Crippen LogP) is 2.58. The molecule has 0 radical (unpaired) electrons.